The van der Waals surface area contributed by atoms with Gasteiger partial charge in [0, 0.05) is 19.6 Å². The van der Waals surface area contributed by atoms with Crippen LogP contribution in [0.3, 0.4) is 0 Å². The molecule has 0 amide bonds. The first-order valence-electron chi connectivity index (χ1n) is 7.54. The summed E-state index contributed by atoms with van der Waals surface area (Å²) in [6, 6.07) is 0. The normalized spacial score (nSPS) is 24.6. The van der Waals surface area contributed by atoms with Crippen LogP contribution in [0.2, 0.25) is 0 Å². The van der Waals surface area contributed by atoms with Gasteiger partial charge < -0.3 is 10.0 Å². The molecule has 22 heavy (non-hydrogen) atoms. The summed E-state index contributed by atoms with van der Waals surface area (Å²) in [6.07, 6.45) is 1.71. The maximum absolute atomic E-state index is 12.8. The minimum absolute atomic E-state index is 0.269. The van der Waals surface area contributed by atoms with Crippen LogP contribution in [0, 0.1) is 13.8 Å². The molecule has 2 N–H and O–H groups in total. The van der Waals surface area contributed by atoms with Gasteiger partial charge in [0.2, 0.25) is 10.0 Å². The Morgan fingerprint density at radius 2 is 2.00 bits per heavy atom. The summed E-state index contributed by atoms with van der Waals surface area (Å²) >= 11 is 0. The molecule has 1 atom stereocenters. The minimum atomic E-state index is -3.57. The molecule has 0 bridgehead atoms. The Balaban J connectivity index is 2.21. The predicted molar refractivity (Wildman–Crippen MR) is 84.2 cm³/mol. The van der Waals surface area contributed by atoms with Crippen LogP contribution in [0.5, 0.6) is 0 Å². The molecule has 8 heteroatoms. The van der Waals surface area contributed by atoms with E-state index < -0.39 is 15.6 Å². The van der Waals surface area contributed by atoms with Crippen LogP contribution in [0.15, 0.2) is 4.90 Å². The summed E-state index contributed by atoms with van der Waals surface area (Å²) in [5.41, 5.74) is 0.226. The summed E-state index contributed by atoms with van der Waals surface area (Å²) in [4.78, 5) is 2.21. The Labute approximate surface area is 132 Å². The Hall–Kier alpha value is -0.960. The average molecular weight is 330 g/mol. The number of aromatic amines is 1. The first-order valence-corrected chi connectivity index (χ1v) is 8.98. The monoisotopic (exact) mass is 330 g/mol. The molecule has 7 nitrogen and oxygen atoms in total. The maximum atomic E-state index is 12.8. The maximum Gasteiger partial charge on any atom is 0.246 e. The zero-order valence-corrected chi connectivity index (χ0v) is 14.6. The number of aromatic nitrogens is 2. The fourth-order valence-electron chi connectivity index (χ4n) is 3.19. The van der Waals surface area contributed by atoms with E-state index >= 15 is 0 Å². The van der Waals surface area contributed by atoms with E-state index in [9.17, 15) is 13.5 Å². The molecule has 1 fully saturated rings. The predicted octanol–water partition coefficient (Wildman–Crippen LogP) is 0.494. The fraction of sp³-hybridized carbons (Fsp3) is 0.786. The molecule has 0 aromatic carbocycles. The second kappa shape index (κ2) is 6.27. The lowest BCUT2D eigenvalue weighted by Gasteiger charge is -2.29. The number of nitrogens with zero attached hydrogens (tertiary/aromatic N) is 3. The summed E-state index contributed by atoms with van der Waals surface area (Å²) in [5, 5.41) is 17.4. The first-order chi connectivity index (χ1) is 10.2. The molecule has 1 aromatic rings. The molecule has 1 aliphatic heterocycles. The Kier molecular flexibility index (Phi) is 4.96. The number of hydrogen-bond acceptors (Lipinski definition) is 5. The van der Waals surface area contributed by atoms with Crippen molar-refractivity contribution in [3.05, 3.63) is 11.4 Å². The molecule has 2 rings (SSSR count). The van der Waals surface area contributed by atoms with Gasteiger partial charge in [-0.25, -0.2) is 8.42 Å². The average Bonchev–Trinajstić information content (AvgIpc) is 2.60. The van der Waals surface area contributed by atoms with Crippen molar-refractivity contribution in [1.29, 1.82) is 0 Å². The summed E-state index contributed by atoms with van der Waals surface area (Å²) < 4.78 is 27.2. The van der Waals surface area contributed by atoms with Gasteiger partial charge >= 0.3 is 0 Å². The van der Waals surface area contributed by atoms with Gasteiger partial charge in [0.25, 0.3) is 0 Å². The third-order valence-electron chi connectivity index (χ3n) is 4.15. The zero-order chi connectivity index (χ0) is 16.5. The molecule has 0 radical (unpaired) electrons. The highest BCUT2D eigenvalue weighted by atomic mass is 32.2. The van der Waals surface area contributed by atoms with Gasteiger partial charge in [-0.15, -0.1) is 0 Å². The standard InChI is InChI=1S/C14H26N4O3S/c1-11-13(12(2)16-15-11)22(20,21)18-8-5-6-14(19,7-9-18)10-17(3)4/h19H,5-10H2,1-4H3,(H,15,16). The van der Waals surface area contributed by atoms with Crippen molar-refractivity contribution in [3.8, 4) is 0 Å². The van der Waals surface area contributed by atoms with Crippen LogP contribution in [0.4, 0.5) is 0 Å². The van der Waals surface area contributed by atoms with E-state index in [1.807, 2.05) is 19.0 Å². The van der Waals surface area contributed by atoms with Crippen molar-refractivity contribution >= 4 is 10.0 Å². The van der Waals surface area contributed by atoms with Gasteiger partial charge in [-0.05, 0) is 47.2 Å². The molecule has 0 spiro atoms. The first kappa shape index (κ1) is 17.4. The number of aryl methyl sites for hydroxylation is 2. The molecule has 1 unspecified atom stereocenters. The van der Waals surface area contributed by atoms with Crippen molar-refractivity contribution in [1.82, 2.24) is 19.4 Å². The van der Waals surface area contributed by atoms with Crippen LogP contribution < -0.4 is 0 Å². The van der Waals surface area contributed by atoms with E-state index in [4.69, 9.17) is 0 Å². The zero-order valence-electron chi connectivity index (χ0n) is 13.8. The van der Waals surface area contributed by atoms with Crippen LogP contribution >= 0.6 is 0 Å². The van der Waals surface area contributed by atoms with Gasteiger partial charge in [-0.3, -0.25) is 5.10 Å². The molecule has 1 aliphatic rings. The van der Waals surface area contributed by atoms with Crippen LogP contribution in [0.1, 0.15) is 30.7 Å². The molecule has 126 valence electrons. The molecule has 1 aromatic heterocycles. The van der Waals surface area contributed by atoms with Gasteiger partial charge in [-0.1, -0.05) is 0 Å². The fourth-order valence-corrected chi connectivity index (χ4v) is 5.00. The topological polar surface area (TPSA) is 89.5 Å². The van der Waals surface area contributed by atoms with Gasteiger partial charge in [0.1, 0.15) is 4.90 Å². The minimum Gasteiger partial charge on any atom is -0.389 e. The van der Waals surface area contributed by atoms with Crippen molar-refractivity contribution in [2.24, 2.45) is 0 Å². The van der Waals surface area contributed by atoms with Crippen molar-refractivity contribution < 1.29 is 13.5 Å². The van der Waals surface area contributed by atoms with E-state index in [1.165, 1.54) is 4.31 Å². The molecular formula is C14H26N4O3S. The Bertz CT molecular complexity index is 607. The highest BCUT2D eigenvalue weighted by molar-refractivity contribution is 7.89. The molecule has 0 saturated carbocycles. The van der Waals surface area contributed by atoms with Crippen LogP contribution in [-0.4, -0.2) is 72.3 Å². The summed E-state index contributed by atoms with van der Waals surface area (Å²) in [6.45, 7) is 4.72. The number of rotatable bonds is 4. The quantitative estimate of drug-likeness (QED) is 0.839. The van der Waals surface area contributed by atoms with Gasteiger partial charge in [0.15, 0.2) is 0 Å². The van der Waals surface area contributed by atoms with Crippen LogP contribution in [0.25, 0.3) is 0 Å². The summed E-state index contributed by atoms with van der Waals surface area (Å²) in [7, 11) is 0.257. The molecule has 0 aliphatic carbocycles. The van der Waals surface area contributed by atoms with E-state index in [1.54, 1.807) is 13.8 Å². The van der Waals surface area contributed by atoms with E-state index in [0.29, 0.717) is 50.3 Å². The molecule has 2 heterocycles. The number of sulfonamides is 1. The lowest BCUT2D eigenvalue weighted by atomic mass is 9.94. The van der Waals surface area contributed by atoms with Gasteiger partial charge in [-0.2, -0.15) is 9.40 Å². The second-order valence-corrected chi connectivity index (χ2v) is 8.36. The Morgan fingerprint density at radius 3 is 2.55 bits per heavy atom. The van der Waals surface area contributed by atoms with Crippen molar-refractivity contribution in [2.75, 3.05) is 33.7 Å². The third-order valence-corrected chi connectivity index (χ3v) is 6.31. The lowest BCUT2D eigenvalue weighted by Crippen LogP contribution is -2.41. The number of aliphatic hydroxyl groups is 1. The number of nitrogens with one attached hydrogen (secondary N) is 1. The number of likely N-dealkylation sites (N-methyl/N-ethyl adjacent to an activating group) is 1. The Morgan fingerprint density at radius 1 is 1.32 bits per heavy atom. The number of H-pyrrole nitrogens is 1. The highest BCUT2D eigenvalue weighted by Crippen LogP contribution is 2.28. The van der Waals surface area contributed by atoms with E-state index in [2.05, 4.69) is 10.2 Å². The largest absolute Gasteiger partial charge is 0.389 e. The van der Waals surface area contributed by atoms with Crippen molar-refractivity contribution in [2.45, 2.75) is 43.6 Å². The summed E-state index contributed by atoms with van der Waals surface area (Å²) in [5.74, 6) is 0. The SMILES string of the molecule is Cc1n[nH]c(C)c1S(=O)(=O)N1CCCC(O)(CN(C)C)CC1. The molecular weight excluding hydrogens is 304 g/mol. The lowest BCUT2D eigenvalue weighted by molar-refractivity contribution is 0.00405. The number of hydrogen-bond donors (Lipinski definition) is 2. The van der Waals surface area contributed by atoms with E-state index in [-0.39, 0.29) is 4.90 Å². The van der Waals surface area contributed by atoms with Crippen molar-refractivity contribution in [3.63, 3.8) is 0 Å². The second-order valence-electron chi connectivity index (χ2n) is 6.48. The van der Waals surface area contributed by atoms with Crippen LogP contribution in [-0.2, 0) is 10.0 Å². The highest BCUT2D eigenvalue weighted by Gasteiger charge is 2.36. The third kappa shape index (κ3) is 3.51. The van der Waals surface area contributed by atoms with E-state index in [0.717, 1.165) is 0 Å². The smallest absolute Gasteiger partial charge is 0.246 e. The van der Waals surface area contributed by atoms with Gasteiger partial charge in [0.05, 0.1) is 17.0 Å². The molecule has 1 saturated heterocycles.